The molecule has 0 aliphatic rings. The van der Waals surface area contributed by atoms with Gasteiger partial charge in [0.15, 0.2) is 0 Å². The van der Waals surface area contributed by atoms with Crippen LogP contribution in [-0.4, -0.2) is 6.21 Å². The van der Waals surface area contributed by atoms with Gasteiger partial charge in [0, 0.05) is 10.0 Å². The van der Waals surface area contributed by atoms with Gasteiger partial charge in [-0.25, -0.2) is 0 Å². The van der Waals surface area contributed by atoms with Gasteiger partial charge in [-0.15, -0.1) is 0 Å². The standard InChI is InChI=1S/C21H17BrCl2N2O/c1-14-2-6-18(7-3-14)26-25-12-16-11-17(22)5-9-21(16)27-13-15-4-8-19(23)20(24)10-15/h2-12,26H,13H2,1H3. The van der Waals surface area contributed by atoms with Crippen molar-refractivity contribution >= 4 is 51.0 Å². The van der Waals surface area contributed by atoms with Crippen LogP contribution < -0.4 is 10.2 Å². The van der Waals surface area contributed by atoms with E-state index in [4.69, 9.17) is 27.9 Å². The summed E-state index contributed by atoms with van der Waals surface area (Å²) < 4.78 is 6.90. The minimum Gasteiger partial charge on any atom is -0.488 e. The lowest BCUT2D eigenvalue weighted by Crippen LogP contribution is -1.99. The summed E-state index contributed by atoms with van der Waals surface area (Å²) in [5.41, 5.74) is 6.93. The fourth-order valence-corrected chi connectivity index (χ4v) is 3.05. The average Bonchev–Trinajstić information content (AvgIpc) is 2.65. The number of hydrogen-bond acceptors (Lipinski definition) is 3. The van der Waals surface area contributed by atoms with Crippen molar-refractivity contribution in [1.82, 2.24) is 0 Å². The van der Waals surface area contributed by atoms with Gasteiger partial charge in [0.1, 0.15) is 12.4 Å². The van der Waals surface area contributed by atoms with E-state index in [1.807, 2.05) is 55.5 Å². The number of aryl methyl sites for hydroxylation is 1. The van der Waals surface area contributed by atoms with Crippen LogP contribution in [0.2, 0.25) is 10.0 Å². The Morgan fingerprint density at radius 1 is 1.00 bits per heavy atom. The lowest BCUT2D eigenvalue weighted by molar-refractivity contribution is 0.306. The molecule has 3 aromatic rings. The summed E-state index contributed by atoms with van der Waals surface area (Å²) in [7, 11) is 0. The molecule has 3 aromatic carbocycles. The second-order valence-corrected chi connectivity index (χ2v) is 7.69. The zero-order chi connectivity index (χ0) is 19.2. The molecule has 0 aromatic heterocycles. The van der Waals surface area contributed by atoms with E-state index in [1.54, 1.807) is 18.3 Å². The molecular weight excluding hydrogens is 447 g/mol. The van der Waals surface area contributed by atoms with Gasteiger partial charge in [-0.3, -0.25) is 5.43 Å². The summed E-state index contributed by atoms with van der Waals surface area (Å²) in [5, 5.41) is 5.35. The molecule has 27 heavy (non-hydrogen) atoms. The number of rotatable bonds is 6. The Hall–Kier alpha value is -2.01. The monoisotopic (exact) mass is 462 g/mol. The van der Waals surface area contributed by atoms with Gasteiger partial charge >= 0.3 is 0 Å². The summed E-state index contributed by atoms with van der Waals surface area (Å²) in [6.45, 7) is 2.43. The predicted octanol–water partition coefficient (Wildman–Crippen LogP) is 7.09. The molecule has 0 saturated carbocycles. The Morgan fingerprint density at radius 2 is 1.78 bits per heavy atom. The molecule has 0 aliphatic heterocycles. The van der Waals surface area contributed by atoms with E-state index in [0.717, 1.165) is 27.0 Å². The second-order valence-electron chi connectivity index (χ2n) is 5.96. The van der Waals surface area contributed by atoms with E-state index in [-0.39, 0.29) is 0 Å². The number of benzene rings is 3. The highest BCUT2D eigenvalue weighted by atomic mass is 79.9. The van der Waals surface area contributed by atoms with Gasteiger partial charge in [-0.1, -0.05) is 62.9 Å². The van der Waals surface area contributed by atoms with Crippen LogP contribution in [-0.2, 0) is 6.61 Å². The van der Waals surface area contributed by atoms with Crippen molar-refractivity contribution in [1.29, 1.82) is 0 Å². The quantitative estimate of drug-likeness (QED) is 0.312. The first-order valence-electron chi connectivity index (χ1n) is 8.23. The number of hydrazone groups is 1. The molecule has 0 heterocycles. The number of halogens is 3. The minimum atomic E-state index is 0.380. The van der Waals surface area contributed by atoms with Crippen LogP contribution in [0.1, 0.15) is 16.7 Å². The van der Waals surface area contributed by atoms with E-state index in [2.05, 4.69) is 26.5 Å². The Kier molecular flexibility index (Phi) is 6.78. The Balaban J connectivity index is 1.71. The van der Waals surface area contributed by atoms with Crippen molar-refractivity contribution in [3.05, 3.63) is 91.9 Å². The first kappa shape index (κ1) is 19.7. The number of ether oxygens (including phenoxy) is 1. The SMILES string of the molecule is Cc1ccc(NN=Cc2cc(Br)ccc2OCc2ccc(Cl)c(Cl)c2)cc1. The molecule has 138 valence electrons. The molecule has 0 bridgehead atoms. The van der Waals surface area contributed by atoms with Crippen LogP contribution >= 0.6 is 39.1 Å². The van der Waals surface area contributed by atoms with Crippen LogP contribution in [0, 0.1) is 6.92 Å². The summed E-state index contributed by atoms with van der Waals surface area (Å²) in [5.74, 6) is 0.721. The van der Waals surface area contributed by atoms with E-state index >= 15 is 0 Å². The Labute approximate surface area is 177 Å². The van der Waals surface area contributed by atoms with Crippen molar-refractivity contribution in [2.75, 3.05) is 5.43 Å². The highest BCUT2D eigenvalue weighted by molar-refractivity contribution is 9.10. The van der Waals surface area contributed by atoms with Crippen LogP contribution in [0.15, 0.2) is 70.2 Å². The molecular formula is C21H17BrCl2N2O. The maximum absolute atomic E-state index is 6.06. The molecule has 3 rings (SSSR count). The fourth-order valence-electron chi connectivity index (χ4n) is 2.35. The number of nitrogens with zero attached hydrogens (tertiary/aromatic N) is 1. The van der Waals surface area contributed by atoms with E-state index in [1.165, 1.54) is 5.56 Å². The Morgan fingerprint density at radius 3 is 2.52 bits per heavy atom. The van der Waals surface area contributed by atoms with Crippen molar-refractivity contribution in [3.63, 3.8) is 0 Å². The molecule has 1 N–H and O–H groups in total. The molecule has 0 amide bonds. The second kappa shape index (κ2) is 9.27. The molecule has 0 aliphatic carbocycles. The minimum absolute atomic E-state index is 0.380. The zero-order valence-electron chi connectivity index (χ0n) is 14.5. The van der Waals surface area contributed by atoms with Crippen molar-refractivity contribution in [2.24, 2.45) is 5.10 Å². The Bertz CT molecular complexity index is 959. The first-order chi connectivity index (χ1) is 13.0. The first-order valence-corrected chi connectivity index (χ1v) is 9.78. The third kappa shape index (κ3) is 5.73. The highest BCUT2D eigenvalue weighted by Crippen LogP contribution is 2.25. The van der Waals surface area contributed by atoms with Crippen LogP contribution in [0.3, 0.4) is 0 Å². The van der Waals surface area contributed by atoms with Crippen molar-refractivity contribution in [3.8, 4) is 5.75 Å². The number of anilines is 1. The summed E-state index contributed by atoms with van der Waals surface area (Å²) in [6.07, 6.45) is 1.73. The average molecular weight is 464 g/mol. The van der Waals surface area contributed by atoms with Gasteiger partial charge in [-0.05, 0) is 55.0 Å². The molecule has 0 spiro atoms. The molecule has 0 atom stereocenters. The number of nitrogens with one attached hydrogen (secondary N) is 1. The van der Waals surface area contributed by atoms with E-state index < -0.39 is 0 Å². The fraction of sp³-hybridized carbons (Fsp3) is 0.0952. The maximum atomic E-state index is 6.06. The van der Waals surface area contributed by atoms with Gasteiger partial charge < -0.3 is 4.74 Å². The smallest absolute Gasteiger partial charge is 0.128 e. The summed E-state index contributed by atoms with van der Waals surface area (Å²) in [6, 6.07) is 19.2. The van der Waals surface area contributed by atoms with Crippen LogP contribution in [0.4, 0.5) is 5.69 Å². The van der Waals surface area contributed by atoms with Crippen LogP contribution in [0.5, 0.6) is 5.75 Å². The van der Waals surface area contributed by atoms with E-state index in [0.29, 0.717) is 16.7 Å². The lowest BCUT2D eigenvalue weighted by atomic mass is 10.2. The van der Waals surface area contributed by atoms with Gasteiger partial charge in [0.2, 0.25) is 0 Å². The van der Waals surface area contributed by atoms with Crippen molar-refractivity contribution in [2.45, 2.75) is 13.5 Å². The molecule has 0 unspecified atom stereocenters. The molecule has 6 heteroatoms. The molecule has 0 saturated heterocycles. The molecule has 0 radical (unpaired) electrons. The maximum Gasteiger partial charge on any atom is 0.128 e. The summed E-state index contributed by atoms with van der Waals surface area (Å²) in [4.78, 5) is 0. The third-order valence-electron chi connectivity index (χ3n) is 3.80. The summed E-state index contributed by atoms with van der Waals surface area (Å²) >= 11 is 15.5. The van der Waals surface area contributed by atoms with Crippen LogP contribution in [0.25, 0.3) is 0 Å². The third-order valence-corrected chi connectivity index (χ3v) is 5.03. The zero-order valence-corrected chi connectivity index (χ0v) is 17.6. The molecule has 0 fully saturated rings. The highest BCUT2D eigenvalue weighted by Gasteiger charge is 2.05. The van der Waals surface area contributed by atoms with Gasteiger partial charge in [0.05, 0.1) is 21.9 Å². The van der Waals surface area contributed by atoms with E-state index in [9.17, 15) is 0 Å². The predicted molar refractivity (Wildman–Crippen MR) is 117 cm³/mol. The lowest BCUT2D eigenvalue weighted by Gasteiger charge is -2.10. The normalized spacial score (nSPS) is 11.0. The van der Waals surface area contributed by atoms with Gasteiger partial charge in [0.25, 0.3) is 0 Å². The van der Waals surface area contributed by atoms with Crippen molar-refractivity contribution < 1.29 is 4.74 Å². The largest absolute Gasteiger partial charge is 0.488 e. The number of hydrogen-bond donors (Lipinski definition) is 1. The topological polar surface area (TPSA) is 33.6 Å². The van der Waals surface area contributed by atoms with Gasteiger partial charge in [-0.2, -0.15) is 5.10 Å². The molecule has 3 nitrogen and oxygen atoms in total.